The number of nitrogens with zero attached hydrogens (tertiary/aromatic N) is 3. The molecule has 1 aromatic heterocycles. The topological polar surface area (TPSA) is 74.1 Å². The molecule has 0 aliphatic carbocycles. The summed E-state index contributed by atoms with van der Waals surface area (Å²) < 4.78 is 7.20. The third kappa shape index (κ3) is 6.18. The third-order valence-electron chi connectivity index (χ3n) is 3.99. The van der Waals surface area contributed by atoms with Crippen molar-refractivity contribution in [2.75, 3.05) is 0 Å². The monoisotopic (exact) mass is 419 g/mol. The summed E-state index contributed by atoms with van der Waals surface area (Å²) in [5, 5.41) is 4.65. The minimum Gasteiger partial charge on any atom is -0.455 e. The molecule has 0 radical (unpaired) electrons. The lowest BCUT2D eigenvalue weighted by Gasteiger charge is -2.18. The molecule has 0 fully saturated rings. The molecule has 28 heavy (non-hydrogen) atoms. The van der Waals surface area contributed by atoms with Crippen molar-refractivity contribution in [1.29, 1.82) is 0 Å². The Morgan fingerprint density at radius 2 is 1.75 bits per heavy atom. The smallest absolute Gasteiger partial charge is 0.306 e. The van der Waals surface area contributed by atoms with Crippen LogP contribution in [0.3, 0.4) is 0 Å². The second-order valence-corrected chi connectivity index (χ2v) is 6.37. The van der Waals surface area contributed by atoms with E-state index in [0.29, 0.717) is 17.1 Å². The number of ether oxygens (including phenoxy) is 1. The van der Waals surface area contributed by atoms with Crippen LogP contribution in [0.15, 0.2) is 67.3 Å². The van der Waals surface area contributed by atoms with E-state index in [4.69, 9.17) is 16.3 Å². The molecule has 3 aromatic rings. The number of carbonyl (C=O) groups is 2. The van der Waals surface area contributed by atoms with Crippen LogP contribution in [0.1, 0.15) is 34.9 Å². The normalized spacial score (nSPS) is 11.3. The van der Waals surface area contributed by atoms with Crippen molar-refractivity contribution in [2.45, 2.75) is 25.5 Å². The van der Waals surface area contributed by atoms with E-state index in [1.54, 1.807) is 59.5 Å². The van der Waals surface area contributed by atoms with Gasteiger partial charge in [0.25, 0.3) is 0 Å². The van der Waals surface area contributed by atoms with Gasteiger partial charge < -0.3 is 4.74 Å². The molecule has 0 saturated heterocycles. The number of Topliss-reactive ketones (excluding diaryl/α,β-unsaturated/α-hetero) is 1. The minimum atomic E-state index is -0.553. The molecular weight excluding hydrogens is 401 g/mol. The van der Waals surface area contributed by atoms with Crippen molar-refractivity contribution < 1.29 is 14.3 Å². The van der Waals surface area contributed by atoms with Crippen molar-refractivity contribution in [1.82, 2.24) is 14.8 Å². The number of aromatic nitrogens is 3. The first-order valence-corrected chi connectivity index (χ1v) is 8.85. The van der Waals surface area contributed by atoms with E-state index in [1.165, 1.54) is 6.33 Å². The predicted molar refractivity (Wildman–Crippen MR) is 108 cm³/mol. The highest BCUT2D eigenvalue weighted by atomic mass is 35.5. The van der Waals surface area contributed by atoms with Crippen LogP contribution in [0, 0.1) is 0 Å². The molecule has 0 saturated carbocycles. The van der Waals surface area contributed by atoms with Gasteiger partial charge in [0.2, 0.25) is 0 Å². The SMILES string of the molecule is Cl.O=C(CCC(=O)c1ccccc1)OC(Cn1cncn1)c1ccc(Cl)cc1. The number of ketones is 1. The minimum absolute atomic E-state index is 0. The Bertz CT molecular complexity index is 885. The van der Waals surface area contributed by atoms with Crippen LogP contribution in [0.4, 0.5) is 0 Å². The summed E-state index contributed by atoms with van der Waals surface area (Å²) in [5.74, 6) is -0.536. The van der Waals surface area contributed by atoms with Gasteiger partial charge in [-0.05, 0) is 17.7 Å². The first kappa shape index (κ1) is 21.6. The van der Waals surface area contributed by atoms with Gasteiger partial charge in [0.05, 0.1) is 13.0 Å². The predicted octanol–water partition coefficient (Wildman–Crippen LogP) is 4.30. The number of hydrogen-bond donors (Lipinski definition) is 0. The van der Waals surface area contributed by atoms with Crippen LogP contribution < -0.4 is 0 Å². The van der Waals surface area contributed by atoms with Crippen molar-refractivity contribution in [3.05, 3.63) is 83.4 Å². The van der Waals surface area contributed by atoms with E-state index < -0.39 is 12.1 Å². The van der Waals surface area contributed by atoms with Gasteiger partial charge in [0.1, 0.15) is 18.8 Å². The van der Waals surface area contributed by atoms with Gasteiger partial charge in [-0.3, -0.25) is 9.59 Å². The van der Waals surface area contributed by atoms with Gasteiger partial charge in [-0.1, -0.05) is 54.1 Å². The van der Waals surface area contributed by atoms with Crippen molar-refractivity contribution in [3.63, 3.8) is 0 Å². The van der Waals surface area contributed by atoms with Crippen molar-refractivity contribution >= 4 is 35.8 Å². The van der Waals surface area contributed by atoms with Crippen LogP contribution >= 0.6 is 24.0 Å². The first-order chi connectivity index (χ1) is 13.1. The van der Waals surface area contributed by atoms with Crippen molar-refractivity contribution in [3.8, 4) is 0 Å². The van der Waals surface area contributed by atoms with E-state index in [2.05, 4.69) is 10.1 Å². The zero-order valence-corrected chi connectivity index (χ0v) is 16.5. The molecule has 1 atom stereocenters. The average Bonchev–Trinajstić information content (AvgIpc) is 3.20. The molecule has 0 spiro atoms. The van der Waals surface area contributed by atoms with Crippen molar-refractivity contribution in [2.24, 2.45) is 0 Å². The number of hydrogen-bond acceptors (Lipinski definition) is 5. The van der Waals surface area contributed by atoms with E-state index in [1.807, 2.05) is 6.07 Å². The molecule has 146 valence electrons. The standard InChI is InChI=1S/C20H18ClN3O3.ClH/c21-17-8-6-16(7-9-17)19(12-24-14-22-13-23-24)27-20(26)11-10-18(25)15-4-2-1-3-5-15;/h1-9,13-14,19H,10-12H2;1H. The largest absolute Gasteiger partial charge is 0.455 e. The van der Waals surface area contributed by atoms with Gasteiger partial charge >= 0.3 is 5.97 Å². The summed E-state index contributed by atoms with van der Waals surface area (Å²) in [6.07, 6.45) is 2.52. The summed E-state index contributed by atoms with van der Waals surface area (Å²) in [5.41, 5.74) is 1.37. The van der Waals surface area contributed by atoms with Crippen LogP contribution in [0.5, 0.6) is 0 Å². The highest BCUT2D eigenvalue weighted by Gasteiger charge is 2.19. The molecule has 1 heterocycles. The van der Waals surface area contributed by atoms with Crippen LogP contribution in [0.2, 0.25) is 5.02 Å². The second-order valence-electron chi connectivity index (χ2n) is 5.94. The Labute approximate surface area is 173 Å². The summed E-state index contributed by atoms with van der Waals surface area (Å²) in [7, 11) is 0. The fourth-order valence-corrected chi connectivity index (χ4v) is 2.71. The first-order valence-electron chi connectivity index (χ1n) is 8.47. The quantitative estimate of drug-likeness (QED) is 0.401. The molecule has 0 N–H and O–H groups in total. The lowest BCUT2D eigenvalue weighted by molar-refractivity contribution is -0.150. The molecule has 2 aromatic carbocycles. The molecule has 1 unspecified atom stereocenters. The Kier molecular flexibility index (Phi) is 8.17. The number of carbonyl (C=O) groups excluding carboxylic acids is 2. The maximum absolute atomic E-state index is 12.3. The third-order valence-corrected chi connectivity index (χ3v) is 4.24. The average molecular weight is 420 g/mol. The molecule has 0 bridgehead atoms. The van der Waals surface area contributed by atoms with E-state index in [0.717, 1.165) is 5.56 Å². The maximum Gasteiger partial charge on any atom is 0.306 e. The summed E-state index contributed by atoms with van der Waals surface area (Å²) >= 11 is 5.93. The molecular formula is C20H19Cl2N3O3. The van der Waals surface area contributed by atoms with E-state index in [-0.39, 0.29) is 31.0 Å². The zero-order chi connectivity index (χ0) is 19.1. The number of halogens is 2. The lowest BCUT2D eigenvalue weighted by Crippen LogP contribution is -2.18. The highest BCUT2D eigenvalue weighted by Crippen LogP contribution is 2.22. The maximum atomic E-state index is 12.3. The highest BCUT2D eigenvalue weighted by molar-refractivity contribution is 6.30. The van der Waals surface area contributed by atoms with Gasteiger partial charge in [-0.2, -0.15) is 5.10 Å². The van der Waals surface area contributed by atoms with Gasteiger partial charge in [-0.15, -0.1) is 12.4 Å². The summed E-state index contributed by atoms with van der Waals surface area (Å²) in [4.78, 5) is 28.4. The Balaban J connectivity index is 0.00000280. The van der Waals surface area contributed by atoms with Gasteiger partial charge in [0, 0.05) is 17.0 Å². The molecule has 3 rings (SSSR count). The Hall–Kier alpha value is -2.70. The zero-order valence-electron chi connectivity index (χ0n) is 14.9. The molecule has 0 aliphatic rings. The molecule has 0 amide bonds. The number of benzene rings is 2. The number of rotatable bonds is 8. The fourth-order valence-electron chi connectivity index (χ4n) is 2.59. The van der Waals surface area contributed by atoms with Gasteiger partial charge in [0.15, 0.2) is 5.78 Å². The fraction of sp³-hybridized carbons (Fsp3) is 0.200. The van der Waals surface area contributed by atoms with Crippen LogP contribution in [-0.2, 0) is 16.1 Å². The number of esters is 1. The summed E-state index contributed by atoms with van der Waals surface area (Å²) in [6.45, 7) is 0.319. The van der Waals surface area contributed by atoms with Gasteiger partial charge in [-0.25, -0.2) is 9.67 Å². The second kappa shape index (κ2) is 10.6. The molecule has 8 heteroatoms. The summed E-state index contributed by atoms with van der Waals surface area (Å²) in [6, 6.07) is 15.9. The van der Waals surface area contributed by atoms with E-state index in [9.17, 15) is 9.59 Å². The Morgan fingerprint density at radius 1 is 1.04 bits per heavy atom. The Morgan fingerprint density at radius 3 is 2.39 bits per heavy atom. The molecule has 6 nitrogen and oxygen atoms in total. The van der Waals surface area contributed by atoms with Crippen LogP contribution in [-0.4, -0.2) is 26.5 Å². The van der Waals surface area contributed by atoms with Crippen LogP contribution in [0.25, 0.3) is 0 Å². The lowest BCUT2D eigenvalue weighted by atomic mass is 10.1. The van der Waals surface area contributed by atoms with E-state index >= 15 is 0 Å². The molecule has 0 aliphatic heterocycles.